The molecule has 9 nitrogen and oxygen atoms in total. The van der Waals surface area contributed by atoms with Crippen LogP contribution in [0.3, 0.4) is 0 Å². The number of nitro groups is 1. The molecule has 2 rings (SSSR count). The van der Waals surface area contributed by atoms with Gasteiger partial charge in [-0.3, -0.25) is 19.2 Å². The summed E-state index contributed by atoms with van der Waals surface area (Å²) in [6.45, 7) is 2.99. The summed E-state index contributed by atoms with van der Waals surface area (Å²) in [6, 6.07) is 9.39. The van der Waals surface area contributed by atoms with Crippen molar-refractivity contribution in [3.63, 3.8) is 0 Å². The molecule has 0 aromatic heterocycles. The van der Waals surface area contributed by atoms with Crippen LogP contribution in [0.4, 0.5) is 17.1 Å². The Hall–Kier alpha value is -3.14. The van der Waals surface area contributed by atoms with Gasteiger partial charge < -0.3 is 10.1 Å². The molecule has 0 saturated heterocycles. The van der Waals surface area contributed by atoms with E-state index in [1.807, 2.05) is 0 Å². The third-order valence-electron chi connectivity index (χ3n) is 3.69. The zero-order valence-corrected chi connectivity index (χ0v) is 15.8. The highest BCUT2D eigenvalue weighted by atomic mass is 32.2. The van der Waals surface area contributed by atoms with Crippen molar-refractivity contribution >= 4 is 33.0 Å². The average Bonchev–Trinajstić information content (AvgIpc) is 2.62. The van der Waals surface area contributed by atoms with Gasteiger partial charge in [0.1, 0.15) is 11.4 Å². The molecule has 0 unspecified atom stereocenters. The number of carbonyl (C=O) groups excluding carboxylic acids is 1. The van der Waals surface area contributed by atoms with E-state index in [0.29, 0.717) is 5.69 Å². The van der Waals surface area contributed by atoms with E-state index in [0.717, 1.165) is 10.4 Å². The molecule has 0 aliphatic heterocycles. The smallest absolute Gasteiger partial charge is 0.271 e. The molecular formula is C17H19N3O6S. The second-order valence-corrected chi connectivity index (χ2v) is 7.35. The van der Waals surface area contributed by atoms with Crippen LogP contribution in [0.2, 0.25) is 0 Å². The van der Waals surface area contributed by atoms with E-state index in [9.17, 15) is 23.3 Å². The second kappa shape index (κ2) is 8.04. The van der Waals surface area contributed by atoms with Gasteiger partial charge in [-0.25, -0.2) is 8.42 Å². The monoisotopic (exact) mass is 393 g/mol. The standard InChI is InChI=1S/C17H19N3O6S/c1-4-19(16-11-14(20(22)23)7-10-17(16)26-3)27(24,25)15-8-5-13(6-9-15)18-12(2)21/h5-11H,4H2,1-3H3,(H,18,21). The number of hydrogen-bond acceptors (Lipinski definition) is 6. The molecule has 0 bridgehead atoms. The minimum atomic E-state index is -4.01. The van der Waals surface area contributed by atoms with Gasteiger partial charge in [-0.2, -0.15) is 0 Å². The van der Waals surface area contributed by atoms with E-state index in [-0.39, 0.29) is 34.5 Å². The second-order valence-electron chi connectivity index (χ2n) is 5.49. The Morgan fingerprint density at radius 3 is 2.33 bits per heavy atom. The summed E-state index contributed by atoms with van der Waals surface area (Å²) in [7, 11) is -2.65. The van der Waals surface area contributed by atoms with Crippen LogP contribution in [-0.2, 0) is 14.8 Å². The normalized spacial score (nSPS) is 10.9. The minimum Gasteiger partial charge on any atom is -0.495 e. The Morgan fingerprint density at radius 1 is 1.22 bits per heavy atom. The zero-order valence-electron chi connectivity index (χ0n) is 15.0. The van der Waals surface area contributed by atoms with Crippen molar-refractivity contribution in [3.05, 3.63) is 52.6 Å². The maximum absolute atomic E-state index is 13.1. The molecule has 0 spiro atoms. The maximum Gasteiger partial charge on any atom is 0.271 e. The minimum absolute atomic E-state index is 0.0213. The van der Waals surface area contributed by atoms with Gasteiger partial charge in [-0.1, -0.05) is 0 Å². The lowest BCUT2D eigenvalue weighted by Crippen LogP contribution is -2.31. The molecule has 0 aliphatic carbocycles. The summed E-state index contributed by atoms with van der Waals surface area (Å²) in [5.41, 5.74) is 0.276. The van der Waals surface area contributed by atoms with Crippen LogP contribution in [0.1, 0.15) is 13.8 Å². The highest BCUT2D eigenvalue weighted by Gasteiger charge is 2.27. The summed E-state index contributed by atoms with van der Waals surface area (Å²) in [5, 5.41) is 13.6. The zero-order chi connectivity index (χ0) is 20.2. The third-order valence-corrected chi connectivity index (χ3v) is 5.59. The largest absolute Gasteiger partial charge is 0.495 e. The van der Waals surface area contributed by atoms with Crippen molar-refractivity contribution in [2.45, 2.75) is 18.7 Å². The van der Waals surface area contributed by atoms with Gasteiger partial charge in [-0.05, 0) is 37.3 Å². The van der Waals surface area contributed by atoms with Crippen LogP contribution in [0.15, 0.2) is 47.4 Å². The lowest BCUT2D eigenvalue weighted by molar-refractivity contribution is -0.384. The van der Waals surface area contributed by atoms with Crippen LogP contribution in [0.25, 0.3) is 0 Å². The first-order valence-corrected chi connectivity index (χ1v) is 9.37. The molecule has 0 fully saturated rings. The Labute approximate surface area is 156 Å². The quantitative estimate of drug-likeness (QED) is 0.571. The summed E-state index contributed by atoms with van der Waals surface area (Å²) >= 11 is 0. The molecule has 10 heteroatoms. The predicted molar refractivity (Wildman–Crippen MR) is 101 cm³/mol. The summed E-state index contributed by atoms with van der Waals surface area (Å²) in [5.74, 6) is -0.0805. The van der Waals surface area contributed by atoms with E-state index < -0.39 is 14.9 Å². The van der Waals surface area contributed by atoms with Gasteiger partial charge in [0.25, 0.3) is 15.7 Å². The highest BCUT2D eigenvalue weighted by Crippen LogP contribution is 2.35. The summed E-state index contributed by atoms with van der Waals surface area (Å²) in [4.78, 5) is 21.5. The van der Waals surface area contributed by atoms with Crippen molar-refractivity contribution in [2.24, 2.45) is 0 Å². The van der Waals surface area contributed by atoms with Crippen LogP contribution in [0.5, 0.6) is 5.75 Å². The molecule has 27 heavy (non-hydrogen) atoms. The Balaban J connectivity index is 2.51. The number of nitrogens with zero attached hydrogens (tertiary/aromatic N) is 2. The fourth-order valence-corrected chi connectivity index (χ4v) is 3.97. The Morgan fingerprint density at radius 2 is 1.85 bits per heavy atom. The van der Waals surface area contributed by atoms with E-state index in [1.54, 1.807) is 6.92 Å². The fraction of sp³-hybridized carbons (Fsp3) is 0.235. The van der Waals surface area contributed by atoms with Crippen LogP contribution in [-0.4, -0.2) is 32.9 Å². The lowest BCUT2D eigenvalue weighted by atomic mass is 10.2. The Bertz CT molecular complexity index is 957. The molecule has 0 atom stereocenters. The molecule has 2 aromatic rings. The molecule has 0 heterocycles. The predicted octanol–water partition coefficient (Wildman–Crippen LogP) is 2.78. The number of nitro benzene ring substituents is 1. The number of sulfonamides is 1. The van der Waals surface area contributed by atoms with Crippen molar-refractivity contribution in [1.29, 1.82) is 0 Å². The van der Waals surface area contributed by atoms with Crippen LogP contribution < -0.4 is 14.4 Å². The van der Waals surface area contributed by atoms with Crippen molar-refractivity contribution in [3.8, 4) is 5.75 Å². The molecular weight excluding hydrogens is 374 g/mol. The molecule has 1 amide bonds. The first-order chi connectivity index (χ1) is 12.7. The number of methoxy groups -OCH3 is 1. The number of anilines is 2. The number of non-ortho nitro benzene ring substituents is 1. The van der Waals surface area contributed by atoms with E-state index in [4.69, 9.17) is 4.74 Å². The van der Waals surface area contributed by atoms with Gasteiger partial charge in [0.05, 0.1) is 16.9 Å². The van der Waals surface area contributed by atoms with Crippen LogP contribution in [0, 0.1) is 10.1 Å². The first-order valence-electron chi connectivity index (χ1n) is 7.93. The topological polar surface area (TPSA) is 119 Å². The molecule has 0 aliphatic rings. The molecule has 144 valence electrons. The number of amides is 1. The van der Waals surface area contributed by atoms with Gasteiger partial charge in [0.2, 0.25) is 5.91 Å². The van der Waals surface area contributed by atoms with Crippen molar-refractivity contribution in [1.82, 2.24) is 0 Å². The summed E-state index contributed by atoms with van der Waals surface area (Å²) < 4.78 is 32.3. The first kappa shape index (κ1) is 20.2. The summed E-state index contributed by atoms with van der Waals surface area (Å²) in [6.07, 6.45) is 0. The number of carbonyl (C=O) groups is 1. The van der Waals surface area contributed by atoms with E-state index in [1.165, 1.54) is 50.4 Å². The van der Waals surface area contributed by atoms with E-state index in [2.05, 4.69) is 5.32 Å². The third kappa shape index (κ3) is 4.34. The van der Waals surface area contributed by atoms with Gasteiger partial charge in [0.15, 0.2) is 0 Å². The van der Waals surface area contributed by atoms with Crippen molar-refractivity contribution < 1.29 is 22.9 Å². The molecule has 0 radical (unpaired) electrons. The number of nitrogens with one attached hydrogen (secondary N) is 1. The number of benzene rings is 2. The average molecular weight is 393 g/mol. The molecule has 1 N–H and O–H groups in total. The van der Waals surface area contributed by atoms with Crippen molar-refractivity contribution in [2.75, 3.05) is 23.3 Å². The number of ether oxygens (including phenoxy) is 1. The maximum atomic E-state index is 13.1. The van der Waals surface area contributed by atoms with Gasteiger partial charge >= 0.3 is 0 Å². The van der Waals surface area contributed by atoms with Gasteiger partial charge in [0, 0.05) is 31.3 Å². The molecule has 0 saturated carbocycles. The van der Waals surface area contributed by atoms with E-state index >= 15 is 0 Å². The number of rotatable bonds is 7. The Kier molecular flexibility index (Phi) is 6.01. The lowest BCUT2D eigenvalue weighted by Gasteiger charge is -2.24. The SMILES string of the molecule is CCN(c1cc([N+](=O)[O-])ccc1OC)S(=O)(=O)c1ccc(NC(C)=O)cc1. The highest BCUT2D eigenvalue weighted by molar-refractivity contribution is 7.92. The van der Waals surface area contributed by atoms with Crippen LogP contribution >= 0.6 is 0 Å². The van der Waals surface area contributed by atoms with Gasteiger partial charge in [-0.15, -0.1) is 0 Å². The fourth-order valence-electron chi connectivity index (χ4n) is 2.50. The molecule has 2 aromatic carbocycles. The number of hydrogen-bond donors (Lipinski definition) is 1.